The number of carbonyl (C=O) groups is 2. The number of morpholine rings is 1. The van der Waals surface area contributed by atoms with Crippen molar-refractivity contribution in [1.29, 1.82) is 0 Å². The fraction of sp³-hybridized carbons (Fsp3) is 0.556. The summed E-state index contributed by atoms with van der Waals surface area (Å²) >= 11 is 0. The molecule has 2 aliphatic heterocycles. The van der Waals surface area contributed by atoms with E-state index in [0.717, 1.165) is 12.2 Å². The molecule has 6 nitrogen and oxygen atoms in total. The second kappa shape index (κ2) is 7.66. The molecule has 2 saturated heterocycles. The first kappa shape index (κ1) is 16.8. The number of hydrogen-bond acceptors (Lipinski definition) is 4. The fourth-order valence-electron chi connectivity index (χ4n) is 3.29. The lowest BCUT2D eigenvalue weighted by Crippen LogP contribution is -2.41. The maximum atomic E-state index is 12.6. The van der Waals surface area contributed by atoms with Crippen LogP contribution in [0.5, 0.6) is 5.75 Å². The molecule has 2 aliphatic rings. The minimum atomic E-state index is 0.0268. The van der Waals surface area contributed by atoms with Crippen molar-refractivity contribution in [1.82, 2.24) is 9.80 Å². The minimum Gasteiger partial charge on any atom is -0.497 e. The zero-order valence-corrected chi connectivity index (χ0v) is 14.1. The number of benzene rings is 1. The van der Waals surface area contributed by atoms with E-state index >= 15 is 0 Å². The standard InChI is InChI=1S/C18H24N2O4/c1-23-16-4-2-15(3-5-16)18(22)20-7-6-14(13-20)12-17(21)19-8-10-24-11-9-19/h2-5,14H,6-13H2,1H3. The van der Waals surface area contributed by atoms with Crippen LogP contribution < -0.4 is 4.74 Å². The van der Waals surface area contributed by atoms with Crippen LogP contribution in [0.4, 0.5) is 0 Å². The molecule has 1 aromatic carbocycles. The predicted octanol–water partition coefficient (Wildman–Crippen LogP) is 1.41. The number of nitrogens with zero attached hydrogens (tertiary/aromatic N) is 2. The molecular formula is C18H24N2O4. The second-order valence-corrected chi connectivity index (χ2v) is 6.33. The molecule has 0 radical (unpaired) electrons. The number of likely N-dealkylation sites (tertiary alicyclic amines) is 1. The molecule has 0 spiro atoms. The number of carbonyl (C=O) groups excluding carboxylic acids is 2. The lowest BCUT2D eigenvalue weighted by atomic mass is 10.0. The Labute approximate surface area is 142 Å². The van der Waals surface area contributed by atoms with E-state index in [2.05, 4.69) is 0 Å². The summed E-state index contributed by atoms with van der Waals surface area (Å²) in [5.74, 6) is 1.20. The molecule has 2 heterocycles. The molecule has 6 heteroatoms. The molecule has 24 heavy (non-hydrogen) atoms. The van der Waals surface area contributed by atoms with Crippen molar-refractivity contribution in [2.75, 3.05) is 46.5 Å². The highest BCUT2D eigenvalue weighted by atomic mass is 16.5. The molecule has 0 saturated carbocycles. The maximum Gasteiger partial charge on any atom is 0.253 e. The van der Waals surface area contributed by atoms with Crippen LogP contribution in [0.15, 0.2) is 24.3 Å². The van der Waals surface area contributed by atoms with Crippen LogP contribution in [-0.4, -0.2) is 68.1 Å². The summed E-state index contributed by atoms with van der Waals surface area (Å²) in [6, 6.07) is 7.16. The predicted molar refractivity (Wildman–Crippen MR) is 89.0 cm³/mol. The summed E-state index contributed by atoms with van der Waals surface area (Å²) in [5, 5.41) is 0. The monoisotopic (exact) mass is 332 g/mol. The van der Waals surface area contributed by atoms with Gasteiger partial charge in [-0.3, -0.25) is 9.59 Å². The Balaban J connectivity index is 1.52. The molecule has 0 aromatic heterocycles. The molecular weight excluding hydrogens is 308 g/mol. The van der Waals surface area contributed by atoms with E-state index in [-0.39, 0.29) is 17.7 Å². The Morgan fingerprint density at radius 3 is 2.50 bits per heavy atom. The highest BCUT2D eigenvalue weighted by Gasteiger charge is 2.30. The molecule has 1 unspecified atom stereocenters. The van der Waals surface area contributed by atoms with Crippen molar-refractivity contribution in [2.24, 2.45) is 5.92 Å². The molecule has 2 amide bonds. The molecule has 1 aromatic rings. The summed E-state index contributed by atoms with van der Waals surface area (Å²) in [7, 11) is 1.60. The van der Waals surface area contributed by atoms with Crippen LogP contribution >= 0.6 is 0 Å². The first-order chi connectivity index (χ1) is 11.7. The largest absolute Gasteiger partial charge is 0.497 e. The highest BCUT2D eigenvalue weighted by molar-refractivity contribution is 5.94. The summed E-state index contributed by atoms with van der Waals surface area (Å²) in [5.41, 5.74) is 0.663. The van der Waals surface area contributed by atoms with Crippen molar-refractivity contribution >= 4 is 11.8 Å². The van der Waals surface area contributed by atoms with Crippen LogP contribution in [0.2, 0.25) is 0 Å². The zero-order chi connectivity index (χ0) is 16.9. The van der Waals surface area contributed by atoms with E-state index in [1.165, 1.54) is 0 Å². The van der Waals surface area contributed by atoms with Crippen molar-refractivity contribution in [3.8, 4) is 5.75 Å². The van der Waals surface area contributed by atoms with Crippen LogP contribution in [0.25, 0.3) is 0 Å². The summed E-state index contributed by atoms with van der Waals surface area (Å²) in [6.45, 7) is 3.98. The Morgan fingerprint density at radius 2 is 1.83 bits per heavy atom. The molecule has 3 rings (SSSR count). The first-order valence-electron chi connectivity index (χ1n) is 8.46. The van der Waals surface area contributed by atoms with E-state index in [9.17, 15) is 9.59 Å². The van der Waals surface area contributed by atoms with Gasteiger partial charge in [0.15, 0.2) is 0 Å². The third-order valence-electron chi connectivity index (χ3n) is 4.74. The number of hydrogen-bond donors (Lipinski definition) is 0. The van der Waals surface area contributed by atoms with Gasteiger partial charge in [0.25, 0.3) is 5.91 Å². The van der Waals surface area contributed by atoms with Crippen LogP contribution in [-0.2, 0) is 9.53 Å². The molecule has 130 valence electrons. The number of rotatable bonds is 4. The second-order valence-electron chi connectivity index (χ2n) is 6.33. The SMILES string of the molecule is COc1ccc(C(=O)N2CCC(CC(=O)N3CCOCC3)C2)cc1. The number of amides is 2. The molecule has 1 atom stereocenters. The van der Waals surface area contributed by atoms with E-state index in [1.54, 1.807) is 31.4 Å². The quantitative estimate of drug-likeness (QED) is 0.836. The summed E-state index contributed by atoms with van der Waals surface area (Å²) in [4.78, 5) is 28.6. The lowest BCUT2D eigenvalue weighted by molar-refractivity contribution is -0.136. The van der Waals surface area contributed by atoms with Gasteiger partial charge in [0.05, 0.1) is 20.3 Å². The lowest BCUT2D eigenvalue weighted by Gasteiger charge is -2.27. The Hall–Kier alpha value is -2.08. The summed E-state index contributed by atoms with van der Waals surface area (Å²) in [6.07, 6.45) is 1.41. The van der Waals surface area contributed by atoms with Crippen LogP contribution in [0, 0.1) is 5.92 Å². The van der Waals surface area contributed by atoms with E-state index in [4.69, 9.17) is 9.47 Å². The summed E-state index contributed by atoms with van der Waals surface area (Å²) < 4.78 is 10.4. The van der Waals surface area contributed by atoms with Crippen molar-refractivity contribution in [3.63, 3.8) is 0 Å². The number of methoxy groups -OCH3 is 1. The van der Waals surface area contributed by atoms with Gasteiger partial charge in [-0.15, -0.1) is 0 Å². The van der Waals surface area contributed by atoms with Gasteiger partial charge in [0.2, 0.25) is 5.91 Å². The van der Waals surface area contributed by atoms with Gasteiger partial charge < -0.3 is 19.3 Å². The maximum absolute atomic E-state index is 12.6. The number of ether oxygens (including phenoxy) is 2. The third-order valence-corrected chi connectivity index (χ3v) is 4.74. The van der Waals surface area contributed by atoms with Crippen LogP contribution in [0.1, 0.15) is 23.2 Å². The van der Waals surface area contributed by atoms with Gasteiger partial charge in [-0.05, 0) is 36.6 Å². The Kier molecular flexibility index (Phi) is 5.35. The topological polar surface area (TPSA) is 59.1 Å². The first-order valence-corrected chi connectivity index (χ1v) is 8.46. The highest BCUT2D eigenvalue weighted by Crippen LogP contribution is 2.23. The molecule has 0 N–H and O–H groups in total. The smallest absolute Gasteiger partial charge is 0.253 e. The van der Waals surface area contributed by atoms with E-state index < -0.39 is 0 Å². The normalized spacial score (nSPS) is 21.0. The average Bonchev–Trinajstić information content (AvgIpc) is 3.10. The van der Waals surface area contributed by atoms with Crippen LogP contribution in [0.3, 0.4) is 0 Å². The van der Waals surface area contributed by atoms with Crippen molar-refractivity contribution in [3.05, 3.63) is 29.8 Å². The molecule has 0 aliphatic carbocycles. The van der Waals surface area contributed by atoms with Gasteiger partial charge in [-0.1, -0.05) is 0 Å². The van der Waals surface area contributed by atoms with Gasteiger partial charge in [0, 0.05) is 38.2 Å². The van der Waals surface area contributed by atoms with Crippen molar-refractivity contribution in [2.45, 2.75) is 12.8 Å². The van der Waals surface area contributed by atoms with Crippen molar-refractivity contribution < 1.29 is 19.1 Å². The minimum absolute atomic E-state index is 0.0268. The van der Waals surface area contributed by atoms with Gasteiger partial charge >= 0.3 is 0 Å². The Bertz CT molecular complexity index is 581. The fourth-order valence-corrected chi connectivity index (χ4v) is 3.29. The van der Waals surface area contributed by atoms with E-state index in [0.29, 0.717) is 51.4 Å². The molecule has 2 fully saturated rings. The average molecular weight is 332 g/mol. The van der Waals surface area contributed by atoms with E-state index in [1.807, 2.05) is 9.80 Å². The van der Waals surface area contributed by atoms with Gasteiger partial charge in [0.1, 0.15) is 5.75 Å². The van der Waals surface area contributed by atoms with Gasteiger partial charge in [-0.2, -0.15) is 0 Å². The Morgan fingerprint density at radius 1 is 1.12 bits per heavy atom. The van der Waals surface area contributed by atoms with Gasteiger partial charge in [-0.25, -0.2) is 0 Å². The third kappa shape index (κ3) is 3.87. The zero-order valence-electron chi connectivity index (χ0n) is 14.1. The molecule has 0 bridgehead atoms.